The van der Waals surface area contributed by atoms with Crippen molar-refractivity contribution in [1.29, 1.82) is 0 Å². The highest BCUT2D eigenvalue weighted by atomic mass is 16.6. The minimum Gasteiger partial charge on any atom is -0.423 e. The molecule has 2 aromatic heterocycles. The van der Waals surface area contributed by atoms with Gasteiger partial charge in [0, 0.05) is 13.1 Å². The average Bonchev–Trinajstić information content (AvgIpc) is 3.67. The topological polar surface area (TPSA) is 144 Å². The Morgan fingerprint density at radius 3 is 2.71 bits per heavy atom. The van der Waals surface area contributed by atoms with Crippen LogP contribution in [0.5, 0.6) is 11.8 Å². The molecule has 3 aliphatic heterocycles. The van der Waals surface area contributed by atoms with Gasteiger partial charge in [-0.15, -0.1) is 0 Å². The molecule has 0 bridgehead atoms. The summed E-state index contributed by atoms with van der Waals surface area (Å²) in [5.41, 5.74) is 0.848. The molecule has 3 saturated heterocycles. The van der Waals surface area contributed by atoms with E-state index in [2.05, 4.69) is 30.9 Å². The number of aromatic nitrogens is 7. The molecule has 6 rings (SSSR count). The van der Waals surface area contributed by atoms with Crippen LogP contribution in [0, 0.1) is 0 Å². The first kappa shape index (κ1) is 20.9. The monoisotopic (exact) mass is 469 g/mol. The molecule has 0 aliphatic carbocycles. The fourth-order valence-electron chi connectivity index (χ4n) is 4.40. The van der Waals surface area contributed by atoms with Crippen LogP contribution >= 0.6 is 0 Å². The van der Waals surface area contributed by atoms with Crippen molar-refractivity contribution in [2.45, 2.75) is 24.3 Å². The van der Waals surface area contributed by atoms with E-state index in [1.165, 1.54) is 6.33 Å². The molecular formula is C20H23N9O5. The molecular weight excluding hydrogens is 446 g/mol. The van der Waals surface area contributed by atoms with Crippen molar-refractivity contribution in [3.8, 4) is 17.4 Å². The van der Waals surface area contributed by atoms with Crippen molar-refractivity contribution in [2.24, 2.45) is 0 Å². The number of carbonyl (C=O) groups excluding carboxylic acids is 1. The molecule has 34 heavy (non-hydrogen) atoms. The van der Waals surface area contributed by atoms with Crippen LogP contribution in [0.2, 0.25) is 0 Å². The van der Waals surface area contributed by atoms with E-state index in [1.807, 2.05) is 12.1 Å². The SMILES string of the molecule is O=C(NC1COC2C1OCC2n1nnnc1Oc1ccc(-n2cncn2)cc1)N1CCOCC1. The fraction of sp³-hybridized carbons (Fsp3) is 0.500. The first-order chi connectivity index (χ1) is 16.8. The lowest BCUT2D eigenvalue weighted by Gasteiger charge is -2.29. The van der Waals surface area contributed by atoms with E-state index in [9.17, 15) is 4.79 Å². The van der Waals surface area contributed by atoms with Gasteiger partial charge in [-0.05, 0) is 34.7 Å². The zero-order valence-electron chi connectivity index (χ0n) is 18.1. The van der Waals surface area contributed by atoms with Gasteiger partial charge in [-0.25, -0.2) is 14.5 Å². The summed E-state index contributed by atoms with van der Waals surface area (Å²) in [6.07, 6.45) is 2.48. The third-order valence-corrected chi connectivity index (χ3v) is 6.14. The van der Waals surface area contributed by atoms with Crippen molar-refractivity contribution < 1.29 is 23.7 Å². The molecule has 14 heteroatoms. The number of rotatable bonds is 5. The van der Waals surface area contributed by atoms with E-state index >= 15 is 0 Å². The molecule has 4 atom stereocenters. The van der Waals surface area contributed by atoms with Gasteiger partial charge in [-0.3, -0.25) is 0 Å². The molecule has 3 aliphatic rings. The molecule has 0 radical (unpaired) electrons. The van der Waals surface area contributed by atoms with Crippen molar-refractivity contribution in [1.82, 2.24) is 45.2 Å². The number of nitrogens with zero attached hydrogens (tertiary/aromatic N) is 8. The summed E-state index contributed by atoms with van der Waals surface area (Å²) in [5, 5.41) is 19.1. The predicted octanol–water partition coefficient (Wildman–Crippen LogP) is -0.205. The minimum atomic E-state index is -0.310. The lowest BCUT2D eigenvalue weighted by Crippen LogP contribution is -2.52. The number of nitrogens with one attached hydrogen (secondary N) is 1. The Kier molecular flexibility index (Phi) is 5.52. The molecule has 0 spiro atoms. The number of urea groups is 1. The maximum atomic E-state index is 12.6. The summed E-state index contributed by atoms with van der Waals surface area (Å²) in [5.74, 6) is 0.568. The normalized spacial score (nSPS) is 26.4. The fourth-order valence-corrected chi connectivity index (χ4v) is 4.40. The van der Waals surface area contributed by atoms with Crippen molar-refractivity contribution in [3.63, 3.8) is 0 Å². The third kappa shape index (κ3) is 3.95. The Balaban J connectivity index is 1.11. The highest BCUT2D eigenvalue weighted by molar-refractivity contribution is 5.74. The molecule has 3 fully saturated rings. The largest absolute Gasteiger partial charge is 0.423 e. The molecule has 1 N–H and O–H groups in total. The maximum absolute atomic E-state index is 12.6. The molecule has 178 valence electrons. The van der Waals surface area contributed by atoms with Gasteiger partial charge in [0.15, 0.2) is 0 Å². The minimum absolute atomic E-state index is 0.134. The summed E-state index contributed by atoms with van der Waals surface area (Å²) in [7, 11) is 0. The molecule has 1 aromatic carbocycles. The van der Waals surface area contributed by atoms with Gasteiger partial charge in [-0.2, -0.15) is 9.78 Å². The van der Waals surface area contributed by atoms with Crippen LogP contribution in [-0.4, -0.2) is 104 Å². The Morgan fingerprint density at radius 2 is 1.91 bits per heavy atom. The number of hydrogen-bond donors (Lipinski definition) is 1. The number of carbonyl (C=O) groups is 1. The van der Waals surface area contributed by atoms with Gasteiger partial charge in [-0.1, -0.05) is 5.10 Å². The second kappa shape index (κ2) is 8.96. The lowest BCUT2D eigenvalue weighted by molar-refractivity contribution is 0.0485. The van der Waals surface area contributed by atoms with Crippen molar-refractivity contribution in [3.05, 3.63) is 36.9 Å². The second-order valence-corrected chi connectivity index (χ2v) is 8.16. The van der Waals surface area contributed by atoms with Crippen LogP contribution < -0.4 is 10.1 Å². The molecule has 4 unspecified atom stereocenters. The molecule has 2 amide bonds. The van der Waals surface area contributed by atoms with Crippen LogP contribution in [0.4, 0.5) is 4.79 Å². The van der Waals surface area contributed by atoms with E-state index in [4.69, 9.17) is 18.9 Å². The Morgan fingerprint density at radius 1 is 1.09 bits per heavy atom. The summed E-state index contributed by atoms with van der Waals surface area (Å²) in [6, 6.07) is 6.87. The van der Waals surface area contributed by atoms with Gasteiger partial charge >= 0.3 is 12.0 Å². The Labute approximate surface area is 193 Å². The summed E-state index contributed by atoms with van der Waals surface area (Å²) in [6.45, 7) is 2.93. The van der Waals surface area contributed by atoms with Gasteiger partial charge in [0.05, 0.1) is 38.2 Å². The summed E-state index contributed by atoms with van der Waals surface area (Å²) >= 11 is 0. The average molecular weight is 469 g/mol. The van der Waals surface area contributed by atoms with E-state index in [0.717, 1.165) is 5.69 Å². The smallest absolute Gasteiger partial charge is 0.341 e. The van der Waals surface area contributed by atoms with Gasteiger partial charge < -0.3 is 29.2 Å². The first-order valence-corrected chi connectivity index (χ1v) is 11.0. The first-order valence-electron chi connectivity index (χ1n) is 11.0. The van der Waals surface area contributed by atoms with Crippen LogP contribution in [0.3, 0.4) is 0 Å². The number of benzene rings is 1. The van der Waals surface area contributed by atoms with Crippen LogP contribution in [-0.2, 0) is 14.2 Å². The van der Waals surface area contributed by atoms with E-state index in [0.29, 0.717) is 45.3 Å². The Hall–Kier alpha value is -3.62. The Bertz CT molecular complexity index is 1120. The van der Waals surface area contributed by atoms with Gasteiger partial charge in [0.2, 0.25) is 0 Å². The van der Waals surface area contributed by atoms with Gasteiger partial charge in [0.1, 0.15) is 36.7 Å². The summed E-state index contributed by atoms with van der Waals surface area (Å²) in [4.78, 5) is 18.3. The van der Waals surface area contributed by atoms with Crippen molar-refractivity contribution in [2.75, 3.05) is 39.5 Å². The number of tetrazole rings is 1. The highest BCUT2D eigenvalue weighted by Gasteiger charge is 2.50. The van der Waals surface area contributed by atoms with Crippen LogP contribution in [0.15, 0.2) is 36.9 Å². The summed E-state index contributed by atoms with van der Waals surface area (Å²) < 4.78 is 26.5. The number of ether oxygens (including phenoxy) is 4. The molecule has 0 saturated carbocycles. The zero-order valence-corrected chi connectivity index (χ0v) is 18.1. The number of fused-ring (bicyclic) bond motifs is 1. The van der Waals surface area contributed by atoms with E-state index in [-0.39, 0.29) is 36.3 Å². The van der Waals surface area contributed by atoms with Crippen molar-refractivity contribution >= 4 is 6.03 Å². The highest BCUT2D eigenvalue weighted by Crippen LogP contribution is 2.36. The molecule has 5 heterocycles. The van der Waals surface area contributed by atoms with Crippen LogP contribution in [0.1, 0.15) is 6.04 Å². The molecule has 14 nitrogen and oxygen atoms in total. The number of amides is 2. The quantitative estimate of drug-likeness (QED) is 0.533. The predicted molar refractivity (Wildman–Crippen MR) is 112 cm³/mol. The van der Waals surface area contributed by atoms with Gasteiger partial charge in [0.25, 0.3) is 0 Å². The van der Waals surface area contributed by atoms with Crippen LogP contribution in [0.25, 0.3) is 5.69 Å². The third-order valence-electron chi connectivity index (χ3n) is 6.14. The maximum Gasteiger partial charge on any atom is 0.341 e. The lowest BCUT2D eigenvalue weighted by atomic mass is 10.1. The van der Waals surface area contributed by atoms with E-state index < -0.39 is 0 Å². The molecule has 3 aromatic rings. The second-order valence-electron chi connectivity index (χ2n) is 8.16. The standard InChI is InChI=1S/C20H23N9O5/c30-19(27-5-7-31-8-6-27)23-15-9-32-18-16(10-33-17(15)18)29-20(24-25-26-29)34-14-3-1-13(2-4-14)28-12-21-11-22-28/h1-4,11-12,15-18H,5-10H2,(H,23,30). The number of hydrogen-bond acceptors (Lipinski definition) is 10. The zero-order chi connectivity index (χ0) is 22.9. The number of morpholine rings is 1. The van der Waals surface area contributed by atoms with E-state index in [1.54, 1.807) is 32.7 Å².